The van der Waals surface area contributed by atoms with Gasteiger partial charge in [-0.05, 0) is 31.0 Å². The monoisotopic (exact) mass is 239 g/mol. The van der Waals surface area contributed by atoms with Crippen LogP contribution in [0.5, 0.6) is 0 Å². The Morgan fingerprint density at radius 1 is 1.38 bits per heavy atom. The van der Waals surface area contributed by atoms with Gasteiger partial charge in [0.2, 0.25) is 0 Å². The molecule has 0 radical (unpaired) electrons. The molecule has 1 atom stereocenters. The van der Waals surface area contributed by atoms with Gasteiger partial charge >= 0.3 is 0 Å². The molecule has 0 aromatic heterocycles. The van der Waals surface area contributed by atoms with Gasteiger partial charge in [0.15, 0.2) is 8.32 Å². The molecule has 0 saturated carbocycles. The van der Waals surface area contributed by atoms with Crippen molar-refractivity contribution in [2.24, 2.45) is 0 Å². The van der Waals surface area contributed by atoms with Gasteiger partial charge in [0.05, 0.1) is 6.07 Å². The molecule has 0 rings (SSSR count). The van der Waals surface area contributed by atoms with Crippen molar-refractivity contribution < 1.29 is 4.43 Å². The Bertz CT molecular complexity index is 271. The standard InChI is InChI=1S/C13H25NOSi/c1-7-12(10-8-9-11-14)15-16(5,6)13(2,3)4/h8-9,12H,7,10H2,1-6H3. The van der Waals surface area contributed by atoms with Crippen molar-refractivity contribution in [3.63, 3.8) is 0 Å². The van der Waals surface area contributed by atoms with E-state index < -0.39 is 8.32 Å². The molecule has 0 N–H and O–H groups in total. The highest BCUT2D eigenvalue weighted by molar-refractivity contribution is 6.74. The molecule has 3 heteroatoms. The van der Waals surface area contributed by atoms with Crippen LogP contribution < -0.4 is 0 Å². The summed E-state index contributed by atoms with van der Waals surface area (Å²) in [5.74, 6) is 0. The minimum absolute atomic E-state index is 0.249. The Balaban J connectivity index is 4.44. The minimum Gasteiger partial charge on any atom is -0.414 e. The third kappa shape index (κ3) is 4.96. The van der Waals surface area contributed by atoms with Gasteiger partial charge < -0.3 is 4.43 Å². The van der Waals surface area contributed by atoms with E-state index in [1.807, 2.05) is 12.1 Å². The topological polar surface area (TPSA) is 33.0 Å². The molecule has 0 aromatic carbocycles. The average Bonchev–Trinajstić information content (AvgIpc) is 2.14. The van der Waals surface area contributed by atoms with Crippen LogP contribution in [0, 0.1) is 11.3 Å². The van der Waals surface area contributed by atoms with Crippen molar-refractivity contribution in [2.75, 3.05) is 0 Å². The third-order valence-electron chi connectivity index (χ3n) is 3.31. The maximum atomic E-state index is 8.44. The largest absolute Gasteiger partial charge is 0.414 e. The van der Waals surface area contributed by atoms with Gasteiger partial charge in [-0.15, -0.1) is 0 Å². The SMILES string of the molecule is CCC(CC=CC#N)O[Si](C)(C)C(C)(C)C. The summed E-state index contributed by atoms with van der Waals surface area (Å²) >= 11 is 0. The number of rotatable bonds is 5. The molecule has 0 amide bonds. The number of hydrogen-bond donors (Lipinski definition) is 0. The summed E-state index contributed by atoms with van der Waals surface area (Å²) in [4.78, 5) is 0. The second kappa shape index (κ2) is 6.22. The number of hydrogen-bond acceptors (Lipinski definition) is 2. The second-order valence-electron chi connectivity index (χ2n) is 5.68. The van der Waals surface area contributed by atoms with E-state index in [1.54, 1.807) is 0 Å². The zero-order valence-corrected chi connectivity index (χ0v) is 12.5. The van der Waals surface area contributed by atoms with Gasteiger partial charge in [-0.2, -0.15) is 5.26 Å². The van der Waals surface area contributed by atoms with Crippen LogP contribution >= 0.6 is 0 Å². The van der Waals surface area contributed by atoms with Crippen molar-refractivity contribution in [3.8, 4) is 6.07 Å². The predicted octanol–water partition coefficient (Wildman–Crippen LogP) is 4.26. The van der Waals surface area contributed by atoms with E-state index in [0.29, 0.717) is 0 Å². The van der Waals surface area contributed by atoms with Crippen LogP contribution in [-0.4, -0.2) is 14.4 Å². The van der Waals surface area contributed by atoms with E-state index in [1.165, 1.54) is 6.08 Å². The lowest BCUT2D eigenvalue weighted by Crippen LogP contribution is -2.43. The number of allylic oxidation sites excluding steroid dienone is 1. The first-order valence-corrected chi connectivity index (χ1v) is 8.88. The smallest absolute Gasteiger partial charge is 0.192 e. The molecule has 0 aliphatic carbocycles. The second-order valence-corrected chi connectivity index (χ2v) is 10.4. The highest BCUT2D eigenvalue weighted by Crippen LogP contribution is 2.37. The Morgan fingerprint density at radius 3 is 2.31 bits per heavy atom. The van der Waals surface area contributed by atoms with Gasteiger partial charge in [-0.1, -0.05) is 33.8 Å². The first-order valence-electron chi connectivity index (χ1n) is 5.97. The lowest BCUT2D eigenvalue weighted by Gasteiger charge is -2.39. The van der Waals surface area contributed by atoms with Crippen molar-refractivity contribution in [1.82, 2.24) is 0 Å². The molecule has 0 bridgehead atoms. The van der Waals surface area contributed by atoms with Crippen molar-refractivity contribution >= 4 is 8.32 Å². The highest BCUT2D eigenvalue weighted by atomic mass is 28.4. The van der Waals surface area contributed by atoms with Crippen LogP contribution in [0.25, 0.3) is 0 Å². The van der Waals surface area contributed by atoms with E-state index in [9.17, 15) is 0 Å². The molecule has 1 unspecified atom stereocenters. The van der Waals surface area contributed by atoms with Crippen LogP contribution in [0.15, 0.2) is 12.2 Å². The first kappa shape index (κ1) is 15.4. The molecule has 0 spiro atoms. The van der Waals surface area contributed by atoms with Gasteiger partial charge in [-0.3, -0.25) is 0 Å². The molecule has 0 aromatic rings. The molecule has 0 heterocycles. The van der Waals surface area contributed by atoms with Gasteiger partial charge in [0.1, 0.15) is 0 Å². The fourth-order valence-electron chi connectivity index (χ4n) is 1.16. The Labute approximate surface area is 101 Å². The summed E-state index contributed by atoms with van der Waals surface area (Å²) in [7, 11) is -1.67. The quantitative estimate of drug-likeness (QED) is 0.530. The maximum absolute atomic E-state index is 8.44. The van der Waals surface area contributed by atoms with Crippen LogP contribution in [0.4, 0.5) is 0 Å². The lowest BCUT2D eigenvalue weighted by molar-refractivity contribution is 0.179. The summed E-state index contributed by atoms with van der Waals surface area (Å²) in [5, 5.41) is 8.69. The molecule has 0 fully saturated rings. The van der Waals surface area contributed by atoms with E-state index in [-0.39, 0.29) is 11.1 Å². The number of nitrogens with zero attached hydrogens (tertiary/aromatic N) is 1. The highest BCUT2D eigenvalue weighted by Gasteiger charge is 2.38. The summed E-state index contributed by atoms with van der Waals surface area (Å²) in [6.45, 7) is 13.4. The lowest BCUT2D eigenvalue weighted by atomic mass is 10.2. The zero-order valence-electron chi connectivity index (χ0n) is 11.5. The predicted molar refractivity (Wildman–Crippen MR) is 71.7 cm³/mol. The van der Waals surface area contributed by atoms with E-state index in [4.69, 9.17) is 9.69 Å². The van der Waals surface area contributed by atoms with Crippen LogP contribution in [-0.2, 0) is 4.43 Å². The zero-order chi connectivity index (χ0) is 12.8. The summed E-state index contributed by atoms with van der Waals surface area (Å²) in [6, 6.07) is 2.02. The summed E-state index contributed by atoms with van der Waals surface area (Å²) < 4.78 is 6.28. The molecule has 0 aliphatic heterocycles. The fraction of sp³-hybridized carbons (Fsp3) is 0.769. The molecule has 0 saturated heterocycles. The van der Waals surface area contributed by atoms with Crippen molar-refractivity contribution in [2.45, 2.75) is 64.8 Å². The normalized spacial score (nSPS) is 15.1. The molecule has 2 nitrogen and oxygen atoms in total. The van der Waals surface area contributed by atoms with E-state index in [2.05, 4.69) is 40.8 Å². The molecular weight excluding hydrogens is 214 g/mol. The van der Waals surface area contributed by atoms with Gasteiger partial charge in [-0.25, -0.2) is 0 Å². The summed E-state index contributed by atoms with van der Waals surface area (Å²) in [6.07, 6.45) is 5.54. The van der Waals surface area contributed by atoms with E-state index >= 15 is 0 Å². The van der Waals surface area contributed by atoms with Crippen molar-refractivity contribution in [1.29, 1.82) is 5.26 Å². The summed E-state index contributed by atoms with van der Waals surface area (Å²) in [5.41, 5.74) is 0. The van der Waals surface area contributed by atoms with Gasteiger partial charge in [0.25, 0.3) is 0 Å². The minimum atomic E-state index is -1.67. The molecular formula is C13H25NOSi. The fourth-order valence-corrected chi connectivity index (χ4v) is 2.61. The van der Waals surface area contributed by atoms with Crippen LogP contribution in [0.3, 0.4) is 0 Å². The maximum Gasteiger partial charge on any atom is 0.192 e. The number of nitriles is 1. The van der Waals surface area contributed by atoms with Gasteiger partial charge in [0, 0.05) is 12.2 Å². The average molecular weight is 239 g/mol. The van der Waals surface area contributed by atoms with E-state index in [0.717, 1.165) is 12.8 Å². The molecule has 16 heavy (non-hydrogen) atoms. The van der Waals surface area contributed by atoms with Crippen molar-refractivity contribution in [3.05, 3.63) is 12.2 Å². The Hall–Kier alpha value is -0.593. The third-order valence-corrected chi connectivity index (χ3v) is 7.85. The Kier molecular flexibility index (Phi) is 5.99. The molecule has 0 aliphatic rings. The first-order chi connectivity index (χ1) is 7.24. The Morgan fingerprint density at radius 2 is 1.94 bits per heavy atom. The molecule has 92 valence electrons. The van der Waals surface area contributed by atoms with Crippen LogP contribution in [0.1, 0.15) is 40.5 Å². The van der Waals surface area contributed by atoms with Crippen LogP contribution in [0.2, 0.25) is 18.1 Å².